The largest absolute Gasteiger partial charge is 0.507 e. The first kappa shape index (κ1) is 13.0. The molecule has 4 nitrogen and oxygen atoms in total. The van der Waals surface area contributed by atoms with Crippen LogP contribution in [0, 0.1) is 5.82 Å². The minimum Gasteiger partial charge on any atom is -0.507 e. The highest BCUT2D eigenvalue weighted by Gasteiger charge is 2.15. The fourth-order valence-electron chi connectivity index (χ4n) is 1.71. The third-order valence-electron chi connectivity index (χ3n) is 2.76. The Kier molecular flexibility index (Phi) is 3.75. The van der Waals surface area contributed by atoms with Crippen molar-refractivity contribution in [2.75, 3.05) is 0 Å². The number of phenolic OH excluding ortho intramolecular Hbond substituents is 1. The number of amides is 1. The highest BCUT2D eigenvalue weighted by molar-refractivity contribution is 5.97. The molecule has 0 aliphatic carbocycles. The van der Waals surface area contributed by atoms with Crippen molar-refractivity contribution in [1.29, 1.82) is 0 Å². The monoisotopic (exact) mass is 260 g/mol. The SMILES string of the molecule is C[C@@H](NC(=O)c1ccc(F)cc1O)c1ccncc1. The molecule has 0 spiro atoms. The van der Waals surface area contributed by atoms with Gasteiger partial charge in [0.15, 0.2) is 0 Å². The average molecular weight is 260 g/mol. The Morgan fingerprint density at radius 1 is 1.32 bits per heavy atom. The van der Waals surface area contributed by atoms with Crippen molar-refractivity contribution >= 4 is 5.91 Å². The zero-order valence-corrected chi connectivity index (χ0v) is 10.3. The molecule has 0 bridgehead atoms. The molecule has 2 aromatic rings. The lowest BCUT2D eigenvalue weighted by Crippen LogP contribution is -2.26. The van der Waals surface area contributed by atoms with Crippen LogP contribution in [0.15, 0.2) is 42.7 Å². The molecule has 0 aliphatic rings. The summed E-state index contributed by atoms with van der Waals surface area (Å²) in [7, 11) is 0. The van der Waals surface area contributed by atoms with Crippen LogP contribution in [0.1, 0.15) is 28.9 Å². The van der Waals surface area contributed by atoms with E-state index in [0.717, 1.165) is 17.7 Å². The lowest BCUT2D eigenvalue weighted by Gasteiger charge is -2.14. The predicted molar refractivity (Wildman–Crippen MR) is 68.2 cm³/mol. The van der Waals surface area contributed by atoms with Gasteiger partial charge in [0.1, 0.15) is 11.6 Å². The Morgan fingerprint density at radius 2 is 2.00 bits per heavy atom. The van der Waals surface area contributed by atoms with E-state index in [1.807, 2.05) is 6.92 Å². The van der Waals surface area contributed by atoms with Crippen molar-refractivity contribution in [3.63, 3.8) is 0 Å². The van der Waals surface area contributed by atoms with E-state index in [2.05, 4.69) is 10.3 Å². The number of phenols is 1. The molecule has 5 heteroatoms. The summed E-state index contributed by atoms with van der Waals surface area (Å²) in [6, 6.07) is 6.63. The van der Waals surface area contributed by atoms with E-state index in [-0.39, 0.29) is 17.4 Å². The van der Waals surface area contributed by atoms with Crippen molar-refractivity contribution in [1.82, 2.24) is 10.3 Å². The first-order valence-electron chi connectivity index (χ1n) is 5.77. The molecule has 2 N–H and O–H groups in total. The Bertz CT molecular complexity index is 587. The van der Waals surface area contributed by atoms with E-state index in [9.17, 15) is 14.3 Å². The molecule has 1 amide bonds. The molecule has 0 unspecified atom stereocenters. The van der Waals surface area contributed by atoms with Gasteiger partial charge in [-0.15, -0.1) is 0 Å². The number of aromatic nitrogens is 1. The zero-order chi connectivity index (χ0) is 13.8. The number of pyridine rings is 1. The molecule has 1 aromatic carbocycles. The molecule has 19 heavy (non-hydrogen) atoms. The number of rotatable bonds is 3. The summed E-state index contributed by atoms with van der Waals surface area (Å²) in [6.07, 6.45) is 3.26. The molecule has 0 radical (unpaired) electrons. The molecule has 98 valence electrons. The van der Waals surface area contributed by atoms with Gasteiger partial charge in [0.05, 0.1) is 11.6 Å². The number of hydrogen-bond acceptors (Lipinski definition) is 3. The molecule has 0 fully saturated rings. The summed E-state index contributed by atoms with van der Waals surface area (Å²) in [4.78, 5) is 15.8. The maximum atomic E-state index is 12.8. The van der Waals surface area contributed by atoms with Crippen molar-refractivity contribution in [2.45, 2.75) is 13.0 Å². The highest BCUT2D eigenvalue weighted by Crippen LogP contribution is 2.19. The molecule has 2 rings (SSSR count). The lowest BCUT2D eigenvalue weighted by atomic mass is 10.1. The number of halogens is 1. The van der Waals surface area contributed by atoms with E-state index in [1.165, 1.54) is 6.07 Å². The summed E-state index contributed by atoms with van der Waals surface area (Å²) in [5, 5.41) is 12.3. The van der Waals surface area contributed by atoms with Gasteiger partial charge in [-0.3, -0.25) is 9.78 Å². The van der Waals surface area contributed by atoms with E-state index in [0.29, 0.717) is 0 Å². The smallest absolute Gasteiger partial charge is 0.255 e. The van der Waals surface area contributed by atoms with Gasteiger partial charge in [-0.25, -0.2) is 4.39 Å². The topological polar surface area (TPSA) is 62.2 Å². The van der Waals surface area contributed by atoms with Gasteiger partial charge in [0.2, 0.25) is 0 Å². The van der Waals surface area contributed by atoms with E-state index < -0.39 is 11.7 Å². The standard InChI is InChI=1S/C14H13FN2O2/c1-9(10-4-6-16-7-5-10)17-14(19)12-3-2-11(15)8-13(12)18/h2-9,18H,1H3,(H,17,19)/t9-/m1/s1. The van der Waals surface area contributed by atoms with Crippen LogP contribution < -0.4 is 5.32 Å². The summed E-state index contributed by atoms with van der Waals surface area (Å²) in [5.74, 6) is -1.42. The molecular weight excluding hydrogens is 247 g/mol. The van der Waals surface area contributed by atoms with Crippen LogP contribution in [0.25, 0.3) is 0 Å². The minimum absolute atomic E-state index is 0.0438. The fraction of sp³-hybridized carbons (Fsp3) is 0.143. The number of aromatic hydroxyl groups is 1. The molecule has 1 aromatic heterocycles. The predicted octanol–water partition coefficient (Wildman–Crippen LogP) is 2.42. The fourth-order valence-corrected chi connectivity index (χ4v) is 1.71. The second-order valence-corrected chi connectivity index (χ2v) is 4.14. The normalized spacial score (nSPS) is 11.9. The second kappa shape index (κ2) is 5.48. The lowest BCUT2D eigenvalue weighted by molar-refractivity contribution is 0.0937. The van der Waals surface area contributed by atoms with Gasteiger partial charge < -0.3 is 10.4 Å². The van der Waals surface area contributed by atoms with Crippen LogP contribution in [0.5, 0.6) is 5.75 Å². The molecule has 1 atom stereocenters. The Labute approximate surface area is 109 Å². The van der Waals surface area contributed by atoms with Crippen molar-refractivity contribution < 1.29 is 14.3 Å². The van der Waals surface area contributed by atoms with Gasteiger partial charge in [0.25, 0.3) is 5.91 Å². The van der Waals surface area contributed by atoms with Gasteiger partial charge >= 0.3 is 0 Å². The zero-order valence-electron chi connectivity index (χ0n) is 10.3. The summed E-state index contributed by atoms with van der Waals surface area (Å²) in [5.41, 5.74) is 0.937. The summed E-state index contributed by atoms with van der Waals surface area (Å²) >= 11 is 0. The molecule has 0 saturated carbocycles. The molecule has 1 heterocycles. The average Bonchev–Trinajstić information content (AvgIpc) is 2.39. The Balaban J connectivity index is 2.13. The van der Waals surface area contributed by atoms with Gasteiger partial charge in [-0.2, -0.15) is 0 Å². The summed E-state index contributed by atoms with van der Waals surface area (Å²) in [6.45, 7) is 1.81. The van der Waals surface area contributed by atoms with Crippen LogP contribution in [-0.2, 0) is 0 Å². The highest BCUT2D eigenvalue weighted by atomic mass is 19.1. The number of nitrogens with one attached hydrogen (secondary N) is 1. The van der Waals surface area contributed by atoms with Crippen molar-refractivity contribution in [2.24, 2.45) is 0 Å². The van der Waals surface area contributed by atoms with Crippen LogP contribution in [-0.4, -0.2) is 16.0 Å². The minimum atomic E-state index is -0.587. The van der Waals surface area contributed by atoms with E-state index in [1.54, 1.807) is 24.5 Å². The van der Waals surface area contributed by atoms with Crippen molar-refractivity contribution in [3.8, 4) is 5.75 Å². The Hall–Kier alpha value is -2.43. The number of carbonyl (C=O) groups excluding carboxylic acids is 1. The first-order chi connectivity index (χ1) is 9.08. The van der Waals surface area contributed by atoms with Crippen molar-refractivity contribution in [3.05, 3.63) is 59.7 Å². The summed E-state index contributed by atoms with van der Waals surface area (Å²) < 4.78 is 12.8. The molecule has 0 saturated heterocycles. The van der Waals surface area contributed by atoms with E-state index >= 15 is 0 Å². The van der Waals surface area contributed by atoms with Crippen LogP contribution in [0.3, 0.4) is 0 Å². The quantitative estimate of drug-likeness (QED) is 0.890. The van der Waals surface area contributed by atoms with Gasteiger partial charge in [-0.1, -0.05) is 0 Å². The number of hydrogen-bond donors (Lipinski definition) is 2. The van der Waals surface area contributed by atoms with Crippen LogP contribution in [0.4, 0.5) is 4.39 Å². The second-order valence-electron chi connectivity index (χ2n) is 4.14. The first-order valence-corrected chi connectivity index (χ1v) is 5.77. The molecular formula is C14H13FN2O2. The van der Waals surface area contributed by atoms with E-state index in [4.69, 9.17) is 0 Å². The third kappa shape index (κ3) is 3.07. The number of carbonyl (C=O) groups is 1. The third-order valence-corrected chi connectivity index (χ3v) is 2.76. The van der Waals surface area contributed by atoms with Crippen LogP contribution in [0.2, 0.25) is 0 Å². The van der Waals surface area contributed by atoms with Gasteiger partial charge in [-0.05, 0) is 36.8 Å². The van der Waals surface area contributed by atoms with Gasteiger partial charge in [0, 0.05) is 18.5 Å². The van der Waals surface area contributed by atoms with Crippen LogP contribution >= 0.6 is 0 Å². The molecule has 0 aliphatic heterocycles. The maximum absolute atomic E-state index is 12.8. The number of nitrogens with zero attached hydrogens (tertiary/aromatic N) is 1. The Morgan fingerprint density at radius 3 is 2.63 bits per heavy atom. The maximum Gasteiger partial charge on any atom is 0.255 e. The number of benzene rings is 1.